The minimum Gasteiger partial charge on any atom is -0.497 e. The Morgan fingerprint density at radius 2 is 1.85 bits per heavy atom. The average Bonchev–Trinajstić information content (AvgIpc) is 3.55. The van der Waals surface area contributed by atoms with Crippen molar-refractivity contribution in [1.82, 2.24) is 29.8 Å². The third-order valence-electron chi connectivity index (χ3n) is 13.2. The fourth-order valence-electron chi connectivity index (χ4n) is 9.20. The monoisotopic (exact) mass is 971 g/mol. The molecule has 0 spiro atoms. The van der Waals surface area contributed by atoms with Crippen LogP contribution in [0.4, 0.5) is 9.93 Å². The van der Waals surface area contributed by atoms with Crippen molar-refractivity contribution in [3.63, 3.8) is 0 Å². The standard InChI is InChI=1S/C49H61N7O10S2/c1-29(2)50-46-52-38(28-67-46)37-24-40(34-19-18-32(64-6)22-36(34)51-37)65-33-23-39-43(57)54-49(45(59)60)25-31(49)15-10-8-7-9-11-16-35(44(58)56(39)26-33)53-47(61)66-42(48(3,4)5)27-55-21-20-30-14-12-13-17-41(30)68(55,62)63/h10,12-15,17-19,22,24,28-29,31,33,35,39,42H,7-9,11,16,20-21,23,25-27H2,1-6H3,(H,50,52)(H,53,61)(H,54,57)(H,59,60)/b15-10-/t31?,33-,35+,39+,42-,49-/m1/s1. The maximum Gasteiger partial charge on any atom is 0.408 e. The minimum absolute atomic E-state index is 0.0128. The molecule has 2 fully saturated rings. The van der Waals surface area contributed by atoms with Gasteiger partial charge in [-0.05, 0) is 69.7 Å². The Morgan fingerprint density at radius 1 is 1.06 bits per heavy atom. The highest BCUT2D eigenvalue weighted by Gasteiger charge is 2.61. The number of fused-ring (bicyclic) bond motifs is 4. The summed E-state index contributed by atoms with van der Waals surface area (Å²) in [5.41, 5.74) is 0.216. The normalized spacial score (nSPS) is 25.1. The zero-order valence-electron chi connectivity index (χ0n) is 39.3. The predicted octanol–water partition coefficient (Wildman–Crippen LogP) is 6.77. The number of aromatic nitrogens is 2. The second kappa shape index (κ2) is 19.7. The summed E-state index contributed by atoms with van der Waals surface area (Å²) in [6.45, 7) is 9.65. The quantitative estimate of drug-likeness (QED) is 0.114. The maximum absolute atomic E-state index is 15.0. The lowest BCUT2D eigenvalue weighted by Gasteiger charge is -2.36. The van der Waals surface area contributed by atoms with E-state index in [1.807, 2.05) is 58.2 Å². The first-order chi connectivity index (χ1) is 32.4. The number of hydrogen-bond acceptors (Lipinski definition) is 13. The fraction of sp³-hybridized carbons (Fsp3) is 0.510. The van der Waals surface area contributed by atoms with Gasteiger partial charge in [0, 0.05) is 53.2 Å². The van der Waals surface area contributed by atoms with Gasteiger partial charge >= 0.3 is 12.1 Å². The number of amides is 3. The number of benzene rings is 2. The lowest BCUT2D eigenvalue weighted by Crippen LogP contribution is -2.57. The Bertz CT molecular complexity index is 2700. The van der Waals surface area contributed by atoms with Crippen molar-refractivity contribution in [2.45, 2.75) is 127 Å². The van der Waals surface area contributed by atoms with Gasteiger partial charge in [0.1, 0.15) is 47.0 Å². The van der Waals surface area contributed by atoms with Crippen LogP contribution >= 0.6 is 11.3 Å². The van der Waals surface area contributed by atoms with Crippen LogP contribution in [0.25, 0.3) is 22.3 Å². The number of carbonyl (C=O) groups is 4. The number of carbonyl (C=O) groups excluding carboxylic acids is 3. The Balaban J connectivity index is 1.08. The topological polar surface area (TPSA) is 219 Å². The van der Waals surface area contributed by atoms with Gasteiger partial charge < -0.3 is 40.2 Å². The van der Waals surface area contributed by atoms with Crippen molar-refractivity contribution in [3.8, 4) is 22.9 Å². The van der Waals surface area contributed by atoms with E-state index in [-0.39, 0.29) is 49.8 Å². The van der Waals surface area contributed by atoms with Crippen molar-refractivity contribution < 1.29 is 46.9 Å². The molecule has 2 aromatic carbocycles. The van der Waals surface area contributed by atoms with Crippen LogP contribution in [-0.4, -0.2) is 119 Å². The summed E-state index contributed by atoms with van der Waals surface area (Å²) < 4.78 is 47.2. The molecule has 1 saturated carbocycles. The summed E-state index contributed by atoms with van der Waals surface area (Å²) in [4.78, 5) is 67.6. The van der Waals surface area contributed by atoms with Gasteiger partial charge in [0.15, 0.2) is 5.13 Å². The molecule has 68 heavy (non-hydrogen) atoms. The van der Waals surface area contributed by atoms with Crippen LogP contribution in [0.3, 0.4) is 0 Å². The second-order valence-corrected chi connectivity index (χ2v) is 22.3. The number of rotatable bonds is 11. The first-order valence-electron chi connectivity index (χ1n) is 23.3. The van der Waals surface area contributed by atoms with Gasteiger partial charge in [0.25, 0.3) is 0 Å². The number of pyridine rings is 1. The maximum atomic E-state index is 15.0. The number of methoxy groups -OCH3 is 1. The average molecular weight is 972 g/mol. The molecular weight excluding hydrogens is 911 g/mol. The molecule has 0 bridgehead atoms. The molecule has 4 aromatic rings. The lowest BCUT2D eigenvalue weighted by atomic mass is 9.89. The highest BCUT2D eigenvalue weighted by molar-refractivity contribution is 7.89. The van der Waals surface area contributed by atoms with Gasteiger partial charge in [-0.3, -0.25) is 9.59 Å². The highest BCUT2D eigenvalue weighted by atomic mass is 32.2. The van der Waals surface area contributed by atoms with Crippen LogP contribution in [0.5, 0.6) is 11.5 Å². The van der Waals surface area contributed by atoms with E-state index in [4.69, 9.17) is 24.2 Å². The molecule has 1 unspecified atom stereocenters. The van der Waals surface area contributed by atoms with Gasteiger partial charge in [0.2, 0.25) is 21.8 Å². The summed E-state index contributed by atoms with van der Waals surface area (Å²) >= 11 is 1.44. The molecule has 6 atom stereocenters. The molecule has 4 aliphatic rings. The number of thiazole rings is 1. The number of carboxylic acid groups (broad SMARTS) is 1. The van der Waals surface area contributed by atoms with E-state index >= 15 is 4.79 Å². The zero-order valence-corrected chi connectivity index (χ0v) is 41.0. The number of anilines is 1. The van der Waals surface area contributed by atoms with E-state index in [1.165, 1.54) is 20.5 Å². The minimum atomic E-state index is -3.87. The van der Waals surface area contributed by atoms with Crippen LogP contribution in [0.15, 0.2) is 71.0 Å². The van der Waals surface area contributed by atoms with Crippen molar-refractivity contribution in [3.05, 3.63) is 71.6 Å². The van der Waals surface area contributed by atoms with E-state index in [0.717, 1.165) is 17.1 Å². The number of alkyl carbamates (subject to hydrolysis) is 1. The molecule has 1 aliphatic carbocycles. The third-order valence-corrected chi connectivity index (χ3v) is 15.9. The summed E-state index contributed by atoms with van der Waals surface area (Å²) in [5, 5.41) is 22.6. The molecule has 19 heteroatoms. The van der Waals surface area contributed by atoms with Crippen molar-refractivity contribution in [2.75, 3.05) is 32.1 Å². The smallest absolute Gasteiger partial charge is 0.408 e. The Labute approximate surface area is 401 Å². The van der Waals surface area contributed by atoms with E-state index < -0.39 is 75.1 Å². The Kier molecular flexibility index (Phi) is 14.1. The van der Waals surface area contributed by atoms with Gasteiger partial charge in [-0.2, -0.15) is 4.31 Å². The van der Waals surface area contributed by atoms with E-state index in [2.05, 4.69) is 16.0 Å². The van der Waals surface area contributed by atoms with Crippen LogP contribution in [0.2, 0.25) is 0 Å². The molecule has 1 saturated heterocycles. The number of sulfonamides is 1. The number of aliphatic carboxylic acids is 1. The first kappa shape index (κ1) is 48.7. The molecule has 5 heterocycles. The molecule has 0 radical (unpaired) electrons. The predicted molar refractivity (Wildman–Crippen MR) is 257 cm³/mol. The summed E-state index contributed by atoms with van der Waals surface area (Å²) in [6, 6.07) is 11.9. The molecule has 2 aromatic heterocycles. The van der Waals surface area contributed by atoms with Crippen LogP contribution in [0, 0.1) is 11.3 Å². The van der Waals surface area contributed by atoms with Crippen molar-refractivity contribution in [1.29, 1.82) is 0 Å². The zero-order chi connectivity index (χ0) is 48.5. The molecular formula is C49H61N7O10S2. The lowest BCUT2D eigenvalue weighted by molar-refractivity contribution is -0.145. The van der Waals surface area contributed by atoms with E-state index in [0.29, 0.717) is 59.5 Å². The molecule has 3 amide bonds. The van der Waals surface area contributed by atoms with Gasteiger partial charge in [-0.15, -0.1) is 11.3 Å². The molecule has 4 N–H and O–H groups in total. The summed E-state index contributed by atoms with van der Waals surface area (Å²) in [6.07, 6.45) is 4.86. The number of hydrogen-bond donors (Lipinski definition) is 4. The Hall–Kier alpha value is -5.79. The summed E-state index contributed by atoms with van der Waals surface area (Å²) in [5.74, 6) is -1.77. The second-order valence-electron chi connectivity index (χ2n) is 19.5. The van der Waals surface area contributed by atoms with Crippen LogP contribution in [0.1, 0.15) is 85.1 Å². The number of allylic oxidation sites excluding steroid dienone is 1. The third kappa shape index (κ3) is 10.4. The van der Waals surface area contributed by atoms with Gasteiger partial charge in [-0.1, -0.05) is 64.0 Å². The first-order valence-corrected chi connectivity index (χ1v) is 25.6. The van der Waals surface area contributed by atoms with Crippen molar-refractivity contribution >= 4 is 61.3 Å². The molecule has 17 nitrogen and oxygen atoms in total. The Morgan fingerprint density at radius 3 is 2.60 bits per heavy atom. The van der Waals surface area contributed by atoms with Crippen LogP contribution in [-0.2, 0) is 35.6 Å². The molecule has 3 aliphatic heterocycles. The number of nitrogens with zero attached hydrogens (tertiary/aromatic N) is 4. The largest absolute Gasteiger partial charge is 0.497 e. The number of ether oxygens (including phenoxy) is 3. The fourth-order valence-corrected chi connectivity index (χ4v) is 11.7. The van der Waals surface area contributed by atoms with Gasteiger partial charge in [-0.25, -0.2) is 28.0 Å². The molecule has 364 valence electrons. The van der Waals surface area contributed by atoms with Gasteiger partial charge in [0.05, 0.1) is 36.3 Å². The number of nitrogens with one attached hydrogen (secondary N) is 3. The van der Waals surface area contributed by atoms with Crippen molar-refractivity contribution in [2.24, 2.45) is 11.3 Å². The van der Waals surface area contributed by atoms with E-state index in [1.54, 1.807) is 49.6 Å². The SMILES string of the molecule is COc1ccc2c(O[C@@H]3C[C@H]4C(=O)N[C@]5(C(=O)O)CC5/C=C\CCCCC[C@H](NC(=O)O[C@H](CN5CCc6ccccc6S5(=O)=O)C(C)(C)C)C(=O)N4C3)cc(-c3csc(NC(C)C)n3)nc2c1. The summed E-state index contributed by atoms with van der Waals surface area (Å²) in [7, 11) is -2.31. The van der Waals surface area contributed by atoms with E-state index in [9.17, 15) is 27.9 Å². The highest BCUT2D eigenvalue weighted by Crippen LogP contribution is 2.46. The number of carboxylic acids is 1. The molecule has 8 rings (SSSR count). The van der Waals surface area contributed by atoms with Crippen LogP contribution < -0.4 is 25.4 Å².